The molecule has 0 aliphatic rings. The molecule has 0 bridgehead atoms. The number of carbonyl (C=O) groups excluding carboxylic acids is 3. The Morgan fingerprint density at radius 1 is 1.19 bits per heavy atom. The molecule has 0 aliphatic carbocycles. The number of hydrogen-bond donors (Lipinski definition) is 2. The Balaban J connectivity index is 2.10. The molecule has 0 radical (unpaired) electrons. The number of nitrogens with two attached hydrogens (primary N) is 1. The van der Waals surface area contributed by atoms with Crippen molar-refractivity contribution >= 4 is 34.8 Å². The average molecular weight is 428 g/mol. The van der Waals surface area contributed by atoms with Crippen molar-refractivity contribution in [2.45, 2.75) is 33.4 Å². The molecule has 164 valence electrons. The van der Waals surface area contributed by atoms with Crippen LogP contribution >= 0.6 is 0 Å². The smallest absolute Gasteiger partial charge is 0.307 e. The van der Waals surface area contributed by atoms with Gasteiger partial charge in [-0.3, -0.25) is 24.4 Å². The van der Waals surface area contributed by atoms with Crippen molar-refractivity contribution in [3.05, 3.63) is 35.2 Å². The molecule has 2 aromatic heterocycles. The zero-order valence-corrected chi connectivity index (χ0v) is 17.8. The van der Waals surface area contributed by atoms with Crippen molar-refractivity contribution in [1.29, 1.82) is 0 Å². The molecule has 0 saturated heterocycles. The summed E-state index contributed by atoms with van der Waals surface area (Å²) in [6.07, 6.45) is 0.0392. The van der Waals surface area contributed by atoms with E-state index in [1.165, 1.54) is 26.4 Å². The van der Waals surface area contributed by atoms with E-state index in [1.54, 1.807) is 22.2 Å². The number of nitrogens with zero attached hydrogens (tertiary/aromatic N) is 4. The molecule has 2 amide bonds. The number of esters is 1. The number of aromatic nitrogens is 4. The number of primary amides is 1. The Kier molecular flexibility index (Phi) is 6.23. The summed E-state index contributed by atoms with van der Waals surface area (Å²) in [5.74, 6) is -0.959. The minimum Gasteiger partial charge on any atom is -0.494 e. The van der Waals surface area contributed by atoms with Crippen molar-refractivity contribution < 1.29 is 23.9 Å². The molecular weight excluding hydrogens is 404 g/mol. The molecule has 0 saturated carbocycles. The summed E-state index contributed by atoms with van der Waals surface area (Å²) in [6, 6.07) is 4.67. The van der Waals surface area contributed by atoms with Gasteiger partial charge < -0.3 is 19.8 Å². The molecule has 31 heavy (non-hydrogen) atoms. The Bertz CT molecular complexity index is 1160. The van der Waals surface area contributed by atoms with Gasteiger partial charge in [0.15, 0.2) is 0 Å². The van der Waals surface area contributed by atoms with E-state index in [9.17, 15) is 14.4 Å². The average Bonchev–Trinajstić information content (AvgIpc) is 3.30. The van der Waals surface area contributed by atoms with Gasteiger partial charge in [-0.15, -0.1) is 0 Å². The fraction of sp³-hybridized carbons (Fsp3) is 0.350. The predicted molar refractivity (Wildman–Crippen MR) is 112 cm³/mol. The lowest BCUT2D eigenvalue weighted by Gasteiger charge is -2.12. The number of nitrogens with one attached hydrogen (secondary N) is 1. The van der Waals surface area contributed by atoms with Crippen LogP contribution in [0.5, 0.6) is 5.75 Å². The van der Waals surface area contributed by atoms with Crippen LogP contribution in [0.2, 0.25) is 0 Å². The summed E-state index contributed by atoms with van der Waals surface area (Å²) in [5, 5.41) is 7.06. The fourth-order valence-electron chi connectivity index (χ4n) is 3.28. The number of ether oxygens (including phenoxy) is 2. The van der Waals surface area contributed by atoms with Gasteiger partial charge in [-0.2, -0.15) is 5.10 Å². The summed E-state index contributed by atoms with van der Waals surface area (Å²) in [6.45, 7) is 4.36. The third-order valence-electron chi connectivity index (χ3n) is 4.74. The van der Waals surface area contributed by atoms with Crippen molar-refractivity contribution in [2.75, 3.05) is 19.5 Å². The minimum atomic E-state index is -0.641. The van der Waals surface area contributed by atoms with Crippen LogP contribution in [0.1, 0.15) is 39.9 Å². The van der Waals surface area contributed by atoms with Crippen LogP contribution < -0.4 is 15.8 Å². The highest BCUT2D eigenvalue weighted by molar-refractivity contribution is 6.04. The van der Waals surface area contributed by atoms with Gasteiger partial charge in [-0.05, 0) is 32.0 Å². The van der Waals surface area contributed by atoms with Crippen LogP contribution in [0.4, 0.5) is 5.95 Å². The highest BCUT2D eigenvalue weighted by atomic mass is 16.5. The quantitative estimate of drug-likeness (QED) is 0.517. The van der Waals surface area contributed by atoms with Crippen molar-refractivity contribution in [3.63, 3.8) is 0 Å². The van der Waals surface area contributed by atoms with Gasteiger partial charge in [-0.1, -0.05) is 0 Å². The normalized spacial score (nSPS) is 10.8. The lowest BCUT2D eigenvalue weighted by atomic mass is 10.1. The summed E-state index contributed by atoms with van der Waals surface area (Å²) in [5.41, 5.74) is 7.59. The van der Waals surface area contributed by atoms with Gasteiger partial charge in [0.2, 0.25) is 11.9 Å². The van der Waals surface area contributed by atoms with E-state index < -0.39 is 17.8 Å². The maximum absolute atomic E-state index is 12.9. The Hall–Kier alpha value is -3.89. The predicted octanol–water partition coefficient (Wildman–Crippen LogP) is 1.48. The molecule has 1 aromatic carbocycles. The molecule has 0 fully saturated rings. The number of benzene rings is 1. The Morgan fingerprint density at radius 3 is 2.55 bits per heavy atom. The molecule has 0 spiro atoms. The number of methoxy groups -OCH3 is 2. The summed E-state index contributed by atoms with van der Waals surface area (Å²) < 4.78 is 13.4. The van der Waals surface area contributed by atoms with E-state index in [0.29, 0.717) is 34.7 Å². The van der Waals surface area contributed by atoms with Crippen LogP contribution in [0, 0.1) is 6.92 Å². The Labute approximate surface area is 178 Å². The summed E-state index contributed by atoms with van der Waals surface area (Å²) >= 11 is 0. The third-order valence-corrected chi connectivity index (χ3v) is 4.74. The highest BCUT2D eigenvalue weighted by Crippen LogP contribution is 2.31. The molecule has 3 N–H and O–H groups in total. The fourth-order valence-corrected chi connectivity index (χ4v) is 3.28. The van der Waals surface area contributed by atoms with E-state index in [1.807, 2.05) is 6.92 Å². The topological polar surface area (TPSA) is 143 Å². The van der Waals surface area contributed by atoms with Gasteiger partial charge in [0.05, 0.1) is 31.9 Å². The highest BCUT2D eigenvalue weighted by Gasteiger charge is 2.22. The van der Waals surface area contributed by atoms with E-state index in [-0.39, 0.29) is 24.5 Å². The van der Waals surface area contributed by atoms with Crippen molar-refractivity contribution in [1.82, 2.24) is 19.3 Å². The van der Waals surface area contributed by atoms with Gasteiger partial charge in [0.1, 0.15) is 17.0 Å². The van der Waals surface area contributed by atoms with Crippen molar-refractivity contribution in [2.24, 2.45) is 5.73 Å². The zero-order chi connectivity index (χ0) is 22.7. The van der Waals surface area contributed by atoms with E-state index >= 15 is 0 Å². The van der Waals surface area contributed by atoms with Crippen LogP contribution in [0.3, 0.4) is 0 Å². The number of fused-ring (bicyclic) bond motifs is 1. The molecule has 0 unspecified atom stereocenters. The second kappa shape index (κ2) is 8.86. The van der Waals surface area contributed by atoms with E-state index in [2.05, 4.69) is 15.4 Å². The Morgan fingerprint density at radius 2 is 1.94 bits per heavy atom. The number of rotatable bonds is 8. The van der Waals surface area contributed by atoms with E-state index in [4.69, 9.17) is 15.2 Å². The molecule has 0 atom stereocenters. The largest absolute Gasteiger partial charge is 0.494 e. The molecule has 3 aromatic rings. The number of amides is 2. The summed E-state index contributed by atoms with van der Waals surface area (Å²) in [4.78, 5) is 40.8. The van der Waals surface area contributed by atoms with Gasteiger partial charge in [0.25, 0.3) is 5.91 Å². The summed E-state index contributed by atoms with van der Waals surface area (Å²) in [7, 11) is 2.74. The number of imidazole rings is 1. The van der Waals surface area contributed by atoms with Crippen LogP contribution in [0.25, 0.3) is 11.0 Å². The molecule has 11 nitrogen and oxygen atoms in total. The first kappa shape index (κ1) is 21.8. The molecule has 3 rings (SSSR count). The van der Waals surface area contributed by atoms with Crippen molar-refractivity contribution in [3.8, 4) is 5.75 Å². The number of carbonyl (C=O) groups is 3. The standard InChI is InChI=1S/C20H24N6O5/c1-5-26-14(8-11(2)24-26)19(29)23-20-22-13-9-12(18(21)28)10-15(30-3)17(13)25(20)7-6-16(27)31-4/h8-10H,5-7H2,1-4H3,(H2,21,28)(H,22,23,29). The van der Waals surface area contributed by atoms with Gasteiger partial charge >= 0.3 is 5.97 Å². The van der Waals surface area contributed by atoms with E-state index in [0.717, 1.165) is 0 Å². The first-order valence-corrected chi connectivity index (χ1v) is 9.59. The maximum Gasteiger partial charge on any atom is 0.307 e. The third kappa shape index (κ3) is 4.34. The zero-order valence-electron chi connectivity index (χ0n) is 17.8. The maximum atomic E-state index is 12.9. The number of aryl methyl sites for hydroxylation is 3. The van der Waals surface area contributed by atoms with Gasteiger partial charge in [-0.25, -0.2) is 4.98 Å². The molecule has 11 heteroatoms. The van der Waals surface area contributed by atoms with Crippen LogP contribution in [0.15, 0.2) is 18.2 Å². The molecule has 0 aliphatic heterocycles. The van der Waals surface area contributed by atoms with Crippen LogP contribution in [-0.2, 0) is 22.6 Å². The second-order valence-corrected chi connectivity index (χ2v) is 6.76. The lowest BCUT2D eigenvalue weighted by molar-refractivity contribution is -0.140. The van der Waals surface area contributed by atoms with Crippen LogP contribution in [-0.4, -0.2) is 51.3 Å². The molecular formula is C20H24N6O5. The first-order chi connectivity index (χ1) is 14.8. The number of hydrogen-bond acceptors (Lipinski definition) is 7. The second-order valence-electron chi connectivity index (χ2n) is 6.76. The SMILES string of the molecule is CCn1nc(C)cc1C(=O)Nc1nc2cc(C(N)=O)cc(OC)c2n1CCC(=O)OC. The van der Waals surface area contributed by atoms with Gasteiger partial charge in [0, 0.05) is 18.7 Å². The lowest BCUT2D eigenvalue weighted by Crippen LogP contribution is -2.20. The monoisotopic (exact) mass is 428 g/mol. The number of anilines is 1. The first-order valence-electron chi connectivity index (χ1n) is 9.59. The molecule has 2 heterocycles. The minimum absolute atomic E-state index is 0.0392.